The van der Waals surface area contributed by atoms with Gasteiger partial charge in [-0.3, -0.25) is 9.69 Å². The lowest BCUT2D eigenvalue weighted by Gasteiger charge is -2.38. The molecule has 0 saturated carbocycles. The van der Waals surface area contributed by atoms with Crippen molar-refractivity contribution in [1.29, 1.82) is 0 Å². The molecule has 3 rings (SSSR count). The monoisotopic (exact) mass is 456 g/mol. The Hall–Kier alpha value is -2.15. The Morgan fingerprint density at radius 1 is 1.34 bits per heavy atom. The van der Waals surface area contributed by atoms with E-state index in [4.69, 9.17) is 4.74 Å². The van der Waals surface area contributed by atoms with Crippen LogP contribution in [0.3, 0.4) is 0 Å². The van der Waals surface area contributed by atoms with Gasteiger partial charge in [0.2, 0.25) is 5.91 Å². The summed E-state index contributed by atoms with van der Waals surface area (Å²) in [5.74, 6) is 0.906. The predicted molar refractivity (Wildman–Crippen MR) is 131 cm³/mol. The summed E-state index contributed by atoms with van der Waals surface area (Å²) in [7, 11) is 0. The van der Waals surface area contributed by atoms with Crippen LogP contribution in [-0.2, 0) is 11.2 Å². The van der Waals surface area contributed by atoms with E-state index in [1.807, 2.05) is 35.2 Å². The normalized spacial score (nSPS) is 16.8. The highest BCUT2D eigenvalue weighted by Crippen LogP contribution is 2.34. The largest absolute Gasteiger partial charge is 0.491 e. The van der Waals surface area contributed by atoms with Gasteiger partial charge in [-0.15, -0.1) is 17.9 Å². The minimum Gasteiger partial charge on any atom is -0.491 e. The van der Waals surface area contributed by atoms with Crippen LogP contribution >= 0.6 is 11.3 Å². The molecule has 0 bridgehead atoms. The average molecular weight is 457 g/mol. The maximum atomic E-state index is 13.4. The van der Waals surface area contributed by atoms with Crippen LogP contribution in [0.15, 0.2) is 48.4 Å². The van der Waals surface area contributed by atoms with E-state index in [1.165, 1.54) is 16.0 Å². The van der Waals surface area contributed by atoms with E-state index in [1.54, 1.807) is 11.3 Å². The molecular formula is C26H36N2O3S. The van der Waals surface area contributed by atoms with Gasteiger partial charge < -0.3 is 14.7 Å². The van der Waals surface area contributed by atoms with Crippen molar-refractivity contribution in [1.82, 2.24) is 9.80 Å². The second-order valence-electron chi connectivity index (χ2n) is 8.82. The lowest BCUT2D eigenvalue weighted by atomic mass is 10.00. The van der Waals surface area contributed by atoms with E-state index in [9.17, 15) is 9.90 Å². The van der Waals surface area contributed by atoms with Gasteiger partial charge in [-0.25, -0.2) is 0 Å². The summed E-state index contributed by atoms with van der Waals surface area (Å²) in [5.41, 5.74) is 2.39. The van der Waals surface area contributed by atoms with Gasteiger partial charge >= 0.3 is 0 Å². The Bertz CT molecular complexity index is 877. The van der Waals surface area contributed by atoms with Crippen LogP contribution in [0.2, 0.25) is 0 Å². The molecule has 2 aromatic rings. The number of carbonyl (C=O) groups excluding carboxylic acids is 1. The molecule has 1 aromatic heterocycles. The maximum absolute atomic E-state index is 13.4. The summed E-state index contributed by atoms with van der Waals surface area (Å²) >= 11 is 1.76. The van der Waals surface area contributed by atoms with Crippen molar-refractivity contribution in [2.45, 2.75) is 58.2 Å². The first-order valence-electron chi connectivity index (χ1n) is 11.5. The number of aliphatic hydroxyl groups is 1. The zero-order valence-electron chi connectivity index (χ0n) is 19.5. The number of fused-ring (bicyclic) bond motifs is 1. The predicted octanol–water partition coefficient (Wildman–Crippen LogP) is 4.60. The van der Waals surface area contributed by atoms with Gasteiger partial charge in [0.25, 0.3) is 0 Å². The Labute approximate surface area is 196 Å². The summed E-state index contributed by atoms with van der Waals surface area (Å²) in [4.78, 5) is 18.8. The van der Waals surface area contributed by atoms with E-state index < -0.39 is 6.10 Å². The highest BCUT2D eigenvalue weighted by atomic mass is 32.1. The van der Waals surface area contributed by atoms with Crippen molar-refractivity contribution in [2.75, 3.05) is 26.2 Å². The number of thiophene rings is 1. The van der Waals surface area contributed by atoms with Gasteiger partial charge in [-0.1, -0.05) is 23.8 Å². The Kier molecular flexibility index (Phi) is 8.91. The highest BCUT2D eigenvalue weighted by Gasteiger charge is 2.33. The third-order valence-electron chi connectivity index (χ3n) is 6.06. The van der Waals surface area contributed by atoms with Crippen molar-refractivity contribution >= 4 is 17.2 Å². The van der Waals surface area contributed by atoms with Crippen molar-refractivity contribution in [3.8, 4) is 5.75 Å². The quantitative estimate of drug-likeness (QED) is 0.502. The number of allylic oxidation sites excluding steroid dienone is 1. The Morgan fingerprint density at radius 3 is 2.78 bits per heavy atom. The van der Waals surface area contributed by atoms with Crippen LogP contribution in [0.25, 0.3) is 0 Å². The number of benzene rings is 1. The van der Waals surface area contributed by atoms with Gasteiger partial charge in [0.1, 0.15) is 12.4 Å². The molecule has 6 heteroatoms. The molecule has 1 N–H and O–H groups in total. The molecular weight excluding hydrogens is 420 g/mol. The van der Waals surface area contributed by atoms with Crippen LogP contribution in [0, 0.1) is 6.92 Å². The molecule has 0 unspecified atom stereocenters. The van der Waals surface area contributed by atoms with Crippen molar-refractivity contribution < 1.29 is 14.6 Å². The molecule has 2 heterocycles. The molecule has 2 atom stereocenters. The summed E-state index contributed by atoms with van der Waals surface area (Å²) in [5, 5.41) is 12.5. The number of hydrogen-bond donors (Lipinski definition) is 1. The number of carbonyl (C=O) groups is 1. The number of aryl methyl sites for hydroxylation is 1. The zero-order chi connectivity index (χ0) is 23.1. The number of amides is 1. The highest BCUT2D eigenvalue weighted by molar-refractivity contribution is 7.10. The molecule has 1 aromatic carbocycles. The Morgan fingerprint density at radius 2 is 2.09 bits per heavy atom. The SMILES string of the molecule is C=CCC[C@H](O)CN(CC(=O)N1CCc2sccc2[C@H]1COc1ccc(C)cc1)C(C)C. The maximum Gasteiger partial charge on any atom is 0.237 e. The first kappa shape index (κ1) is 24.5. The molecule has 0 spiro atoms. The van der Waals surface area contributed by atoms with Crippen molar-refractivity contribution in [3.05, 3.63) is 64.4 Å². The van der Waals surface area contributed by atoms with Crippen LogP contribution < -0.4 is 4.74 Å². The third-order valence-corrected chi connectivity index (χ3v) is 7.06. The van der Waals surface area contributed by atoms with Crippen molar-refractivity contribution in [3.63, 3.8) is 0 Å². The lowest BCUT2D eigenvalue weighted by Crippen LogP contribution is -2.49. The first-order valence-corrected chi connectivity index (χ1v) is 12.3. The second kappa shape index (κ2) is 11.6. The van der Waals surface area contributed by atoms with Gasteiger partial charge in [-0.05, 0) is 69.2 Å². The zero-order valence-corrected chi connectivity index (χ0v) is 20.3. The fraction of sp³-hybridized carbons (Fsp3) is 0.500. The van der Waals surface area contributed by atoms with E-state index >= 15 is 0 Å². The third kappa shape index (κ3) is 6.44. The van der Waals surface area contributed by atoms with Crippen LogP contribution in [0.1, 0.15) is 48.7 Å². The molecule has 1 aliphatic heterocycles. The number of ether oxygens (including phenoxy) is 1. The van der Waals surface area contributed by atoms with Gasteiger partial charge in [0.15, 0.2) is 0 Å². The van der Waals surface area contributed by atoms with E-state index in [0.29, 0.717) is 32.7 Å². The van der Waals surface area contributed by atoms with Crippen LogP contribution in [-0.4, -0.2) is 59.2 Å². The lowest BCUT2D eigenvalue weighted by molar-refractivity contribution is -0.137. The Balaban J connectivity index is 1.70. The topological polar surface area (TPSA) is 53.0 Å². The van der Waals surface area contributed by atoms with E-state index in [2.05, 4.69) is 43.7 Å². The number of aliphatic hydroxyl groups excluding tert-OH is 1. The fourth-order valence-electron chi connectivity index (χ4n) is 4.08. The summed E-state index contributed by atoms with van der Waals surface area (Å²) in [6, 6.07) is 10.2. The van der Waals surface area contributed by atoms with Crippen LogP contribution in [0.4, 0.5) is 0 Å². The van der Waals surface area contributed by atoms with E-state index in [-0.39, 0.29) is 18.0 Å². The molecule has 32 heavy (non-hydrogen) atoms. The fourth-order valence-corrected chi connectivity index (χ4v) is 5.01. The molecule has 174 valence electrons. The molecule has 5 nitrogen and oxygen atoms in total. The molecule has 0 aliphatic carbocycles. The standard InChI is InChI=1S/C26H36N2O3S/c1-5-6-7-21(29)16-27(19(2)3)17-26(30)28-14-12-25-23(13-15-32-25)24(28)18-31-22-10-8-20(4)9-11-22/h5,8-11,13,15,19,21,24,29H,1,6-7,12,14,16-18H2,2-4H3/t21-,24+/m0/s1. The molecule has 0 radical (unpaired) electrons. The smallest absolute Gasteiger partial charge is 0.237 e. The van der Waals surface area contributed by atoms with Gasteiger partial charge in [0, 0.05) is 24.0 Å². The second-order valence-corrected chi connectivity index (χ2v) is 9.82. The number of rotatable bonds is 11. The molecule has 1 amide bonds. The molecule has 1 aliphatic rings. The number of nitrogens with zero attached hydrogens (tertiary/aromatic N) is 2. The minimum absolute atomic E-state index is 0.0870. The van der Waals surface area contributed by atoms with E-state index in [0.717, 1.165) is 18.6 Å². The van der Waals surface area contributed by atoms with Gasteiger partial charge in [0.05, 0.1) is 18.7 Å². The molecule has 0 fully saturated rings. The summed E-state index contributed by atoms with van der Waals surface area (Å²) in [6.07, 6.45) is 3.67. The van der Waals surface area contributed by atoms with Gasteiger partial charge in [-0.2, -0.15) is 0 Å². The van der Waals surface area contributed by atoms with Crippen molar-refractivity contribution in [2.24, 2.45) is 0 Å². The molecule has 0 saturated heterocycles. The summed E-state index contributed by atoms with van der Waals surface area (Å²) < 4.78 is 6.12. The number of hydrogen-bond acceptors (Lipinski definition) is 5. The average Bonchev–Trinajstić information content (AvgIpc) is 3.25. The summed E-state index contributed by atoms with van der Waals surface area (Å²) in [6.45, 7) is 11.8. The minimum atomic E-state index is -0.464. The first-order chi connectivity index (χ1) is 15.4. The van der Waals surface area contributed by atoms with Crippen LogP contribution in [0.5, 0.6) is 5.75 Å².